The zero-order chi connectivity index (χ0) is 12.2. The molecule has 0 aliphatic carbocycles. The Hall–Kier alpha value is -0.530. The number of hydrogen-bond acceptors (Lipinski definition) is 1. The summed E-state index contributed by atoms with van der Waals surface area (Å²) >= 11 is 6.22. The third kappa shape index (κ3) is 3.80. The molecule has 1 rings (SSSR count). The fourth-order valence-corrected chi connectivity index (χ4v) is 2.12. The highest BCUT2D eigenvalue weighted by Gasteiger charge is 2.17. The molecule has 0 amide bonds. The summed E-state index contributed by atoms with van der Waals surface area (Å²) in [7, 11) is 1.74. The van der Waals surface area contributed by atoms with Crippen LogP contribution < -0.4 is 0 Å². The van der Waals surface area contributed by atoms with Gasteiger partial charge < -0.3 is 4.74 Å². The van der Waals surface area contributed by atoms with Gasteiger partial charge in [-0.1, -0.05) is 44.5 Å². The molecule has 1 aromatic carbocycles. The van der Waals surface area contributed by atoms with E-state index in [9.17, 15) is 0 Å². The quantitative estimate of drug-likeness (QED) is 0.717. The molecule has 0 bridgehead atoms. The third-order valence-electron chi connectivity index (χ3n) is 2.65. The molecule has 0 aromatic heterocycles. The predicted octanol–water partition coefficient (Wildman–Crippen LogP) is 4.22. The van der Waals surface area contributed by atoms with Crippen LogP contribution in [-0.4, -0.2) is 13.7 Å². The number of benzene rings is 1. The molecule has 0 unspecified atom stereocenters. The van der Waals surface area contributed by atoms with Gasteiger partial charge in [0, 0.05) is 18.7 Å². The predicted molar refractivity (Wildman–Crippen MR) is 70.3 cm³/mol. The van der Waals surface area contributed by atoms with E-state index in [-0.39, 0.29) is 5.41 Å². The summed E-state index contributed by atoms with van der Waals surface area (Å²) in [5, 5.41) is 0.864. The molecule has 0 saturated heterocycles. The van der Waals surface area contributed by atoms with Gasteiger partial charge in [-0.25, -0.2) is 0 Å². The minimum Gasteiger partial charge on any atom is -0.385 e. The zero-order valence-electron chi connectivity index (χ0n) is 10.6. The summed E-state index contributed by atoms with van der Waals surface area (Å²) in [4.78, 5) is 0. The first kappa shape index (κ1) is 13.5. The summed E-state index contributed by atoms with van der Waals surface area (Å²) in [5.74, 6) is 0. The highest BCUT2D eigenvalue weighted by molar-refractivity contribution is 6.31. The molecular formula is C14H21ClO. The standard InChI is InChI=1S/C14H21ClO/c1-14(2,3)12-10-11(6-5-9-16-4)7-8-13(12)15/h7-8,10H,5-6,9H2,1-4H3. The molecule has 0 heterocycles. The maximum atomic E-state index is 6.22. The van der Waals surface area contributed by atoms with E-state index in [1.807, 2.05) is 6.07 Å². The summed E-state index contributed by atoms with van der Waals surface area (Å²) in [5.41, 5.74) is 2.67. The first-order valence-electron chi connectivity index (χ1n) is 5.73. The number of hydrogen-bond donors (Lipinski definition) is 0. The lowest BCUT2D eigenvalue weighted by atomic mass is 9.85. The molecule has 0 fully saturated rings. The SMILES string of the molecule is COCCCc1ccc(Cl)c(C(C)(C)C)c1. The fraction of sp³-hybridized carbons (Fsp3) is 0.571. The van der Waals surface area contributed by atoms with E-state index in [4.69, 9.17) is 16.3 Å². The minimum atomic E-state index is 0.106. The van der Waals surface area contributed by atoms with Gasteiger partial charge in [-0.05, 0) is 35.4 Å². The van der Waals surface area contributed by atoms with Crippen molar-refractivity contribution in [2.75, 3.05) is 13.7 Å². The first-order chi connectivity index (χ1) is 7.45. The molecule has 0 saturated carbocycles. The van der Waals surface area contributed by atoms with Gasteiger partial charge in [-0.3, -0.25) is 0 Å². The third-order valence-corrected chi connectivity index (χ3v) is 2.98. The van der Waals surface area contributed by atoms with Crippen LogP contribution in [0.25, 0.3) is 0 Å². The molecule has 0 aliphatic heterocycles. The van der Waals surface area contributed by atoms with E-state index in [0.717, 1.165) is 24.5 Å². The second-order valence-electron chi connectivity index (χ2n) is 5.16. The molecule has 0 aliphatic rings. The van der Waals surface area contributed by atoms with Crippen molar-refractivity contribution in [2.24, 2.45) is 0 Å². The Balaban J connectivity index is 2.82. The van der Waals surface area contributed by atoms with Gasteiger partial charge in [0.05, 0.1) is 0 Å². The lowest BCUT2D eigenvalue weighted by molar-refractivity contribution is 0.195. The lowest BCUT2D eigenvalue weighted by Crippen LogP contribution is -2.12. The van der Waals surface area contributed by atoms with Gasteiger partial charge >= 0.3 is 0 Å². The van der Waals surface area contributed by atoms with Gasteiger partial charge in [0.1, 0.15) is 0 Å². The van der Waals surface area contributed by atoms with E-state index >= 15 is 0 Å². The Bertz CT molecular complexity index is 339. The van der Waals surface area contributed by atoms with E-state index < -0.39 is 0 Å². The molecule has 0 atom stereocenters. The topological polar surface area (TPSA) is 9.23 Å². The second-order valence-corrected chi connectivity index (χ2v) is 5.57. The maximum absolute atomic E-state index is 6.22. The molecule has 0 N–H and O–H groups in total. The van der Waals surface area contributed by atoms with Crippen LogP contribution in [0.2, 0.25) is 5.02 Å². The van der Waals surface area contributed by atoms with Gasteiger partial charge in [-0.2, -0.15) is 0 Å². The summed E-state index contributed by atoms with van der Waals surface area (Å²) < 4.78 is 5.06. The van der Waals surface area contributed by atoms with Crippen LogP contribution in [0.5, 0.6) is 0 Å². The summed E-state index contributed by atoms with van der Waals surface area (Å²) in [6.45, 7) is 7.38. The van der Waals surface area contributed by atoms with Gasteiger partial charge in [0.15, 0.2) is 0 Å². The molecule has 90 valence electrons. The minimum absolute atomic E-state index is 0.106. The van der Waals surface area contributed by atoms with Crippen LogP contribution in [-0.2, 0) is 16.6 Å². The van der Waals surface area contributed by atoms with E-state index in [1.165, 1.54) is 11.1 Å². The Labute approximate surface area is 104 Å². The normalized spacial score (nSPS) is 11.8. The van der Waals surface area contributed by atoms with Crippen LogP contribution in [0.4, 0.5) is 0 Å². The Morgan fingerprint density at radius 3 is 2.50 bits per heavy atom. The number of aryl methyl sites for hydroxylation is 1. The summed E-state index contributed by atoms with van der Waals surface area (Å²) in [6, 6.07) is 6.33. The van der Waals surface area contributed by atoms with Crippen molar-refractivity contribution in [1.82, 2.24) is 0 Å². The average Bonchev–Trinajstić information content (AvgIpc) is 2.19. The highest BCUT2D eigenvalue weighted by atomic mass is 35.5. The zero-order valence-corrected chi connectivity index (χ0v) is 11.4. The Morgan fingerprint density at radius 1 is 1.25 bits per heavy atom. The molecular weight excluding hydrogens is 220 g/mol. The van der Waals surface area contributed by atoms with Crippen LogP contribution in [0, 0.1) is 0 Å². The summed E-state index contributed by atoms with van der Waals surface area (Å²) in [6.07, 6.45) is 2.11. The van der Waals surface area contributed by atoms with Crippen molar-refractivity contribution >= 4 is 11.6 Å². The number of halogens is 1. The van der Waals surface area contributed by atoms with Crippen molar-refractivity contribution in [1.29, 1.82) is 0 Å². The maximum Gasteiger partial charge on any atom is 0.0465 e. The first-order valence-corrected chi connectivity index (χ1v) is 6.11. The Kier molecular flexibility index (Phi) is 4.82. The Morgan fingerprint density at radius 2 is 1.94 bits per heavy atom. The number of ether oxygens (including phenoxy) is 1. The molecule has 0 radical (unpaired) electrons. The monoisotopic (exact) mass is 240 g/mol. The van der Waals surface area contributed by atoms with Crippen LogP contribution in [0.1, 0.15) is 38.3 Å². The van der Waals surface area contributed by atoms with Crippen molar-refractivity contribution in [2.45, 2.75) is 39.0 Å². The van der Waals surface area contributed by atoms with Gasteiger partial charge in [-0.15, -0.1) is 0 Å². The molecule has 0 spiro atoms. The molecule has 1 aromatic rings. The van der Waals surface area contributed by atoms with Crippen molar-refractivity contribution in [3.63, 3.8) is 0 Å². The van der Waals surface area contributed by atoms with Gasteiger partial charge in [0.2, 0.25) is 0 Å². The largest absolute Gasteiger partial charge is 0.385 e. The van der Waals surface area contributed by atoms with Crippen molar-refractivity contribution in [3.8, 4) is 0 Å². The second kappa shape index (κ2) is 5.70. The molecule has 2 heteroatoms. The van der Waals surface area contributed by atoms with Crippen molar-refractivity contribution in [3.05, 3.63) is 34.3 Å². The van der Waals surface area contributed by atoms with Crippen molar-refractivity contribution < 1.29 is 4.74 Å². The van der Waals surface area contributed by atoms with Gasteiger partial charge in [0.25, 0.3) is 0 Å². The molecule has 16 heavy (non-hydrogen) atoms. The van der Waals surface area contributed by atoms with Crippen LogP contribution in [0.15, 0.2) is 18.2 Å². The number of rotatable bonds is 4. The fourth-order valence-electron chi connectivity index (χ4n) is 1.72. The van der Waals surface area contributed by atoms with E-state index in [0.29, 0.717) is 0 Å². The highest BCUT2D eigenvalue weighted by Crippen LogP contribution is 2.30. The average molecular weight is 241 g/mol. The lowest BCUT2D eigenvalue weighted by Gasteiger charge is -2.21. The van der Waals surface area contributed by atoms with E-state index in [2.05, 4.69) is 32.9 Å². The smallest absolute Gasteiger partial charge is 0.0465 e. The number of methoxy groups -OCH3 is 1. The molecule has 1 nitrogen and oxygen atoms in total. The van der Waals surface area contributed by atoms with Crippen LogP contribution >= 0.6 is 11.6 Å². The van der Waals surface area contributed by atoms with Crippen LogP contribution in [0.3, 0.4) is 0 Å². The van der Waals surface area contributed by atoms with E-state index in [1.54, 1.807) is 7.11 Å².